The zero-order valence-corrected chi connectivity index (χ0v) is 17.3. The monoisotopic (exact) mass is 405 g/mol. The third kappa shape index (κ3) is 3.70. The van der Waals surface area contributed by atoms with Gasteiger partial charge in [0.25, 0.3) is 0 Å². The lowest BCUT2D eigenvalue weighted by molar-refractivity contribution is 0.159. The molecule has 4 aromatic rings. The highest BCUT2D eigenvalue weighted by Crippen LogP contribution is 2.24. The van der Waals surface area contributed by atoms with Gasteiger partial charge >= 0.3 is 0 Å². The number of benzene rings is 2. The van der Waals surface area contributed by atoms with E-state index in [-0.39, 0.29) is 5.82 Å². The van der Waals surface area contributed by atoms with E-state index >= 15 is 0 Å². The maximum Gasteiger partial charge on any atom is 0.140 e. The van der Waals surface area contributed by atoms with Gasteiger partial charge in [0, 0.05) is 30.1 Å². The number of rotatable bonds is 7. The highest BCUT2D eigenvalue weighted by atomic mass is 19.1. The summed E-state index contributed by atoms with van der Waals surface area (Å²) in [4.78, 5) is 14.6. The van der Waals surface area contributed by atoms with Crippen molar-refractivity contribution in [2.24, 2.45) is 5.16 Å². The minimum atomic E-state index is -0.281. The molecule has 154 valence electrons. The molecular weight excluding hydrogens is 381 g/mol. The first-order valence-corrected chi connectivity index (χ1v) is 10.0. The molecule has 0 unspecified atom stereocenters. The fourth-order valence-corrected chi connectivity index (χ4v) is 3.65. The molecule has 4 rings (SSSR count). The van der Waals surface area contributed by atoms with Gasteiger partial charge in [-0.2, -0.15) is 0 Å². The van der Waals surface area contributed by atoms with Crippen LogP contribution in [0.2, 0.25) is 0 Å². The second kappa shape index (κ2) is 8.49. The summed E-state index contributed by atoms with van der Waals surface area (Å²) < 4.78 is 17.9. The fraction of sp³-hybridized carbons (Fsp3) is 0.261. The zero-order chi connectivity index (χ0) is 21.1. The van der Waals surface area contributed by atoms with Gasteiger partial charge in [-0.1, -0.05) is 29.4 Å². The second-order valence-corrected chi connectivity index (χ2v) is 6.93. The summed E-state index contributed by atoms with van der Waals surface area (Å²) in [7, 11) is 0. The molecule has 0 aliphatic carbocycles. The van der Waals surface area contributed by atoms with Crippen molar-refractivity contribution in [1.82, 2.24) is 19.1 Å². The topological polar surface area (TPSA) is 57.2 Å². The van der Waals surface area contributed by atoms with Crippen LogP contribution >= 0.6 is 0 Å². The molecule has 0 aliphatic heterocycles. The van der Waals surface area contributed by atoms with E-state index in [0.717, 1.165) is 40.2 Å². The summed E-state index contributed by atoms with van der Waals surface area (Å²) in [5, 5.41) is 4.18. The van der Waals surface area contributed by atoms with E-state index < -0.39 is 0 Å². The van der Waals surface area contributed by atoms with Crippen molar-refractivity contribution < 1.29 is 9.23 Å². The first kappa shape index (κ1) is 19.8. The maximum absolute atomic E-state index is 13.7. The van der Waals surface area contributed by atoms with Gasteiger partial charge in [0.15, 0.2) is 0 Å². The van der Waals surface area contributed by atoms with Crippen LogP contribution in [0.25, 0.3) is 22.4 Å². The van der Waals surface area contributed by atoms with Crippen molar-refractivity contribution in [1.29, 1.82) is 0 Å². The molecule has 0 saturated heterocycles. The molecular formula is C23H24FN5O. The standard InChI is InChI=1S/C23H24FN5O/c1-4-29-20-11-7-10-19(16(3)27-30-5-2)22(20)26-21(29)15-28-13-12-25-23(28)17-8-6-9-18(24)14-17/h6-14H,4-5,15H2,1-3H3. The lowest BCUT2D eigenvalue weighted by Crippen LogP contribution is -2.08. The zero-order valence-electron chi connectivity index (χ0n) is 17.3. The average molecular weight is 405 g/mol. The lowest BCUT2D eigenvalue weighted by Gasteiger charge is -2.10. The number of aryl methyl sites for hydroxylation is 1. The number of imidazole rings is 2. The lowest BCUT2D eigenvalue weighted by atomic mass is 10.1. The number of hydrogen-bond acceptors (Lipinski definition) is 4. The van der Waals surface area contributed by atoms with E-state index in [1.807, 2.05) is 42.8 Å². The van der Waals surface area contributed by atoms with Gasteiger partial charge < -0.3 is 14.0 Å². The van der Waals surface area contributed by atoms with E-state index in [0.29, 0.717) is 19.0 Å². The molecule has 7 heteroatoms. The molecule has 2 heterocycles. The van der Waals surface area contributed by atoms with Crippen LogP contribution in [-0.4, -0.2) is 31.4 Å². The summed E-state index contributed by atoms with van der Waals surface area (Å²) in [6, 6.07) is 12.6. The van der Waals surface area contributed by atoms with Gasteiger partial charge in [-0.25, -0.2) is 14.4 Å². The van der Waals surface area contributed by atoms with Crippen molar-refractivity contribution in [3.8, 4) is 11.4 Å². The first-order valence-electron chi connectivity index (χ1n) is 10.0. The molecule has 0 amide bonds. The van der Waals surface area contributed by atoms with E-state index in [9.17, 15) is 4.39 Å². The van der Waals surface area contributed by atoms with Gasteiger partial charge in [-0.15, -0.1) is 0 Å². The Labute approximate surface area is 174 Å². The van der Waals surface area contributed by atoms with E-state index in [4.69, 9.17) is 9.82 Å². The number of nitrogens with zero attached hydrogens (tertiary/aromatic N) is 5. The van der Waals surface area contributed by atoms with Crippen LogP contribution in [0.5, 0.6) is 0 Å². The quantitative estimate of drug-likeness (QED) is 0.326. The Morgan fingerprint density at radius 3 is 2.77 bits per heavy atom. The van der Waals surface area contributed by atoms with Gasteiger partial charge in [-0.05, 0) is 39.0 Å². The van der Waals surface area contributed by atoms with Gasteiger partial charge in [0.05, 0.1) is 23.3 Å². The Hall–Kier alpha value is -3.48. The third-order valence-corrected chi connectivity index (χ3v) is 5.00. The van der Waals surface area contributed by atoms with Crippen LogP contribution in [0.3, 0.4) is 0 Å². The third-order valence-electron chi connectivity index (χ3n) is 5.00. The van der Waals surface area contributed by atoms with Crippen LogP contribution in [0.4, 0.5) is 4.39 Å². The Kier molecular flexibility index (Phi) is 5.61. The molecule has 2 aromatic heterocycles. The van der Waals surface area contributed by atoms with Crippen LogP contribution in [-0.2, 0) is 17.9 Å². The minimum absolute atomic E-state index is 0.281. The Balaban J connectivity index is 1.77. The number of oxime groups is 1. The molecule has 0 fully saturated rings. The van der Waals surface area contributed by atoms with E-state index in [2.05, 4.69) is 27.7 Å². The Morgan fingerprint density at radius 2 is 2.00 bits per heavy atom. The molecule has 0 spiro atoms. The predicted octanol–water partition coefficient (Wildman–Crippen LogP) is 4.87. The first-order chi connectivity index (χ1) is 14.6. The summed E-state index contributed by atoms with van der Waals surface area (Å²) in [6.07, 6.45) is 3.62. The normalized spacial score (nSPS) is 11.9. The van der Waals surface area contributed by atoms with Crippen molar-refractivity contribution in [2.45, 2.75) is 33.9 Å². The van der Waals surface area contributed by atoms with Gasteiger partial charge in [0.2, 0.25) is 0 Å². The Morgan fingerprint density at radius 1 is 1.17 bits per heavy atom. The molecule has 6 nitrogen and oxygen atoms in total. The molecule has 0 saturated carbocycles. The maximum atomic E-state index is 13.7. The van der Waals surface area contributed by atoms with Crippen molar-refractivity contribution >= 4 is 16.7 Å². The number of hydrogen-bond donors (Lipinski definition) is 0. The average Bonchev–Trinajstić information content (AvgIpc) is 3.35. The molecule has 2 aromatic carbocycles. The van der Waals surface area contributed by atoms with E-state index in [1.54, 1.807) is 12.3 Å². The summed E-state index contributed by atoms with van der Waals surface area (Å²) in [5.74, 6) is 1.33. The fourth-order valence-electron chi connectivity index (χ4n) is 3.65. The number of halogens is 1. The van der Waals surface area contributed by atoms with Crippen LogP contribution in [0.15, 0.2) is 60.0 Å². The largest absolute Gasteiger partial charge is 0.396 e. The van der Waals surface area contributed by atoms with Crippen molar-refractivity contribution in [2.75, 3.05) is 6.61 Å². The molecule has 0 radical (unpaired) electrons. The van der Waals surface area contributed by atoms with Gasteiger partial charge in [0.1, 0.15) is 24.1 Å². The number of fused-ring (bicyclic) bond motifs is 1. The summed E-state index contributed by atoms with van der Waals surface area (Å²) >= 11 is 0. The highest BCUT2D eigenvalue weighted by Gasteiger charge is 2.16. The number of para-hydroxylation sites is 1. The van der Waals surface area contributed by atoms with Crippen LogP contribution in [0, 0.1) is 5.82 Å². The summed E-state index contributed by atoms with van der Waals surface area (Å²) in [5.41, 5.74) is 4.41. The van der Waals surface area contributed by atoms with Crippen LogP contribution < -0.4 is 0 Å². The highest BCUT2D eigenvalue weighted by molar-refractivity contribution is 6.07. The van der Waals surface area contributed by atoms with Gasteiger partial charge in [-0.3, -0.25) is 0 Å². The van der Waals surface area contributed by atoms with E-state index in [1.165, 1.54) is 12.1 Å². The molecule has 0 N–H and O–H groups in total. The van der Waals surface area contributed by atoms with Crippen molar-refractivity contribution in [3.63, 3.8) is 0 Å². The Bertz CT molecular complexity index is 1210. The molecule has 0 bridgehead atoms. The molecule has 0 aliphatic rings. The summed E-state index contributed by atoms with van der Waals surface area (Å²) in [6.45, 7) is 7.75. The SMILES string of the molecule is CCON=C(C)c1cccc2c1nc(Cn1ccnc1-c1cccc(F)c1)n2CC. The van der Waals surface area contributed by atoms with Crippen molar-refractivity contribution in [3.05, 3.63) is 72.1 Å². The number of aromatic nitrogens is 4. The minimum Gasteiger partial charge on any atom is -0.396 e. The predicted molar refractivity (Wildman–Crippen MR) is 116 cm³/mol. The molecule has 30 heavy (non-hydrogen) atoms. The smallest absolute Gasteiger partial charge is 0.140 e. The second-order valence-electron chi connectivity index (χ2n) is 6.93. The molecule has 0 atom stereocenters. The van der Waals surface area contributed by atoms with Crippen LogP contribution in [0.1, 0.15) is 32.2 Å².